The summed E-state index contributed by atoms with van der Waals surface area (Å²) in [6.45, 7) is 2.05. The Morgan fingerprint density at radius 1 is 0.938 bits per heavy atom. The van der Waals surface area contributed by atoms with Crippen molar-refractivity contribution in [2.24, 2.45) is 5.92 Å². The van der Waals surface area contributed by atoms with Crippen molar-refractivity contribution in [3.05, 3.63) is 113 Å². The smallest absolute Gasteiger partial charge is 0.293 e. The topological polar surface area (TPSA) is 17.1 Å². The number of alkyl halides is 3. The van der Waals surface area contributed by atoms with Crippen LogP contribution in [0.15, 0.2) is 78.9 Å². The number of aryl methyl sites for hydroxylation is 1. The molecule has 164 valence electrons. The molecule has 1 nitrogen and oxygen atoms in total. The lowest BCUT2D eigenvalue weighted by Crippen LogP contribution is -2.19. The molecule has 0 aromatic heterocycles. The van der Waals surface area contributed by atoms with Gasteiger partial charge in [0.05, 0.1) is 5.56 Å². The number of hydrogen-bond acceptors (Lipinski definition) is 1. The molecule has 0 spiro atoms. The van der Waals surface area contributed by atoms with Gasteiger partial charge >= 0.3 is 6.18 Å². The molecular weight excluding hydrogens is 416 g/mol. The molecule has 0 aliphatic heterocycles. The summed E-state index contributed by atoms with van der Waals surface area (Å²) in [4.78, 5) is 13.4. The fourth-order valence-corrected chi connectivity index (χ4v) is 4.44. The molecule has 0 saturated carbocycles. The van der Waals surface area contributed by atoms with Gasteiger partial charge in [-0.05, 0) is 59.4 Å². The predicted molar refractivity (Wildman–Crippen MR) is 117 cm³/mol. The van der Waals surface area contributed by atoms with Crippen molar-refractivity contribution in [1.82, 2.24) is 0 Å². The zero-order valence-corrected chi connectivity index (χ0v) is 17.5. The van der Waals surface area contributed by atoms with Crippen molar-refractivity contribution in [3.8, 4) is 0 Å². The molecule has 32 heavy (non-hydrogen) atoms. The van der Waals surface area contributed by atoms with Crippen molar-refractivity contribution in [2.75, 3.05) is 0 Å². The number of hydrogen-bond donors (Lipinski definition) is 0. The maximum Gasteiger partial charge on any atom is 0.416 e. The second-order valence-electron chi connectivity index (χ2n) is 8.03. The highest BCUT2D eigenvalue weighted by Crippen LogP contribution is 2.45. The fourth-order valence-electron chi connectivity index (χ4n) is 4.44. The van der Waals surface area contributed by atoms with Gasteiger partial charge in [0.25, 0.3) is 0 Å². The number of carbonyl (C=O) groups excluding carboxylic acids is 1. The molecule has 2 unspecified atom stereocenters. The van der Waals surface area contributed by atoms with Crippen molar-refractivity contribution in [1.29, 1.82) is 0 Å². The number of Topliss-reactive ketones (excluding diaryl/α,β-unsaturated/α-hetero) is 1. The highest BCUT2D eigenvalue weighted by atomic mass is 19.4. The molecule has 1 aliphatic rings. The third-order valence-corrected chi connectivity index (χ3v) is 6.10. The maximum absolute atomic E-state index is 13.4. The van der Waals surface area contributed by atoms with Crippen LogP contribution in [-0.2, 0) is 12.6 Å². The van der Waals surface area contributed by atoms with Crippen LogP contribution >= 0.6 is 0 Å². The summed E-state index contributed by atoms with van der Waals surface area (Å²) < 4.78 is 52.2. The van der Waals surface area contributed by atoms with Crippen molar-refractivity contribution >= 4 is 11.4 Å². The summed E-state index contributed by atoms with van der Waals surface area (Å²) in [5.74, 6) is -1.20. The average Bonchev–Trinajstić information content (AvgIpc) is 3.23. The molecule has 0 bridgehead atoms. The number of allylic oxidation sites excluding steroid dienone is 2. The minimum absolute atomic E-state index is 0.138. The average molecular weight is 438 g/mol. The van der Waals surface area contributed by atoms with E-state index in [9.17, 15) is 22.4 Å². The SMILES string of the molecule is CCc1ccccc1C1CC(c2ccc(F)cc2)=CC1C(=O)c1ccc(C(F)(F)F)cc1. The van der Waals surface area contributed by atoms with E-state index in [1.165, 1.54) is 24.3 Å². The molecule has 0 saturated heterocycles. The van der Waals surface area contributed by atoms with Crippen LogP contribution in [0.1, 0.15) is 51.9 Å². The van der Waals surface area contributed by atoms with Crippen LogP contribution in [0.25, 0.3) is 5.57 Å². The summed E-state index contributed by atoms with van der Waals surface area (Å²) in [5, 5.41) is 0. The Balaban J connectivity index is 1.73. The molecule has 3 aromatic rings. The highest BCUT2D eigenvalue weighted by molar-refractivity contribution is 6.01. The van der Waals surface area contributed by atoms with Crippen LogP contribution in [0.2, 0.25) is 0 Å². The van der Waals surface area contributed by atoms with E-state index in [0.29, 0.717) is 6.42 Å². The largest absolute Gasteiger partial charge is 0.416 e. The van der Waals surface area contributed by atoms with Crippen LogP contribution in [0.5, 0.6) is 0 Å². The van der Waals surface area contributed by atoms with E-state index in [2.05, 4.69) is 6.92 Å². The molecule has 0 radical (unpaired) electrons. The maximum atomic E-state index is 13.4. The van der Waals surface area contributed by atoms with Gasteiger partial charge < -0.3 is 0 Å². The standard InChI is InChI=1S/C27H22F4O/c1-2-17-5-3-4-6-23(17)24-15-20(18-9-13-22(28)14-10-18)16-25(24)26(32)19-7-11-21(12-8-19)27(29,30)31/h3-14,16,24-25H,2,15H2,1H3. The Kier molecular flexibility index (Phi) is 6.00. The van der Waals surface area contributed by atoms with E-state index in [1.807, 2.05) is 30.3 Å². The number of ketones is 1. The van der Waals surface area contributed by atoms with Crippen LogP contribution < -0.4 is 0 Å². The van der Waals surface area contributed by atoms with Gasteiger partial charge in [-0.3, -0.25) is 4.79 Å². The Morgan fingerprint density at radius 2 is 1.59 bits per heavy atom. The number of carbonyl (C=O) groups is 1. The van der Waals surface area contributed by atoms with Crippen LogP contribution in [0, 0.1) is 11.7 Å². The van der Waals surface area contributed by atoms with Gasteiger partial charge in [0, 0.05) is 17.4 Å². The van der Waals surface area contributed by atoms with E-state index < -0.39 is 17.7 Å². The van der Waals surface area contributed by atoms with E-state index in [1.54, 1.807) is 12.1 Å². The van der Waals surface area contributed by atoms with Gasteiger partial charge in [-0.25, -0.2) is 4.39 Å². The molecule has 1 aliphatic carbocycles. The first-order chi connectivity index (χ1) is 15.3. The molecule has 2 atom stereocenters. The Hall–Kier alpha value is -3.21. The van der Waals surface area contributed by atoms with Gasteiger partial charge in [0.1, 0.15) is 5.82 Å². The summed E-state index contributed by atoms with van der Waals surface area (Å²) in [6.07, 6.45) is -1.16. The van der Waals surface area contributed by atoms with Crippen LogP contribution in [-0.4, -0.2) is 5.78 Å². The number of rotatable bonds is 5. The summed E-state index contributed by atoms with van der Waals surface area (Å²) >= 11 is 0. The second-order valence-corrected chi connectivity index (χ2v) is 8.03. The molecule has 0 N–H and O–H groups in total. The lowest BCUT2D eigenvalue weighted by atomic mass is 9.81. The van der Waals surface area contributed by atoms with Gasteiger partial charge in [0.15, 0.2) is 5.78 Å². The zero-order valence-electron chi connectivity index (χ0n) is 17.5. The van der Waals surface area contributed by atoms with Crippen LogP contribution in [0.4, 0.5) is 17.6 Å². The third-order valence-electron chi connectivity index (χ3n) is 6.10. The Labute approximate surface area is 184 Å². The second kappa shape index (κ2) is 8.73. The van der Waals surface area contributed by atoms with Crippen molar-refractivity contribution in [3.63, 3.8) is 0 Å². The Morgan fingerprint density at radius 3 is 2.22 bits per heavy atom. The lowest BCUT2D eigenvalue weighted by Gasteiger charge is -2.22. The first-order valence-corrected chi connectivity index (χ1v) is 10.5. The molecule has 4 rings (SSSR count). The quantitative estimate of drug-likeness (QED) is 0.298. The summed E-state index contributed by atoms with van der Waals surface area (Å²) in [6, 6.07) is 18.5. The first-order valence-electron chi connectivity index (χ1n) is 10.5. The third kappa shape index (κ3) is 4.38. The van der Waals surface area contributed by atoms with Crippen molar-refractivity contribution < 1.29 is 22.4 Å². The summed E-state index contributed by atoms with van der Waals surface area (Å²) in [7, 11) is 0. The molecule has 0 heterocycles. The van der Waals surface area contributed by atoms with E-state index >= 15 is 0 Å². The lowest BCUT2D eigenvalue weighted by molar-refractivity contribution is -0.137. The monoisotopic (exact) mass is 438 g/mol. The van der Waals surface area contributed by atoms with E-state index in [0.717, 1.165) is 40.8 Å². The fraction of sp³-hybridized carbons (Fsp3) is 0.222. The van der Waals surface area contributed by atoms with E-state index in [-0.39, 0.29) is 23.1 Å². The molecule has 0 amide bonds. The number of benzene rings is 3. The minimum atomic E-state index is -4.45. The minimum Gasteiger partial charge on any atom is -0.293 e. The first kappa shape index (κ1) is 22.0. The van der Waals surface area contributed by atoms with Gasteiger partial charge in [0.2, 0.25) is 0 Å². The van der Waals surface area contributed by atoms with Crippen molar-refractivity contribution in [2.45, 2.75) is 31.9 Å². The zero-order chi connectivity index (χ0) is 22.9. The van der Waals surface area contributed by atoms with Gasteiger partial charge in [-0.2, -0.15) is 13.2 Å². The van der Waals surface area contributed by atoms with E-state index in [4.69, 9.17) is 0 Å². The predicted octanol–water partition coefficient (Wildman–Crippen LogP) is 7.48. The number of halogens is 4. The molecule has 0 fully saturated rings. The molecule has 5 heteroatoms. The van der Waals surface area contributed by atoms with Crippen LogP contribution in [0.3, 0.4) is 0 Å². The molecular formula is C27H22F4O. The highest BCUT2D eigenvalue weighted by Gasteiger charge is 2.36. The normalized spacial score (nSPS) is 18.5. The Bertz CT molecular complexity index is 1140. The summed E-state index contributed by atoms with van der Waals surface area (Å²) in [5.41, 5.74) is 3.44. The van der Waals surface area contributed by atoms with Gasteiger partial charge in [-0.1, -0.05) is 61.5 Å². The van der Waals surface area contributed by atoms with Gasteiger partial charge in [-0.15, -0.1) is 0 Å². The molecule has 3 aromatic carbocycles.